The van der Waals surface area contributed by atoms with Crippen LogP contribution in [0.1, 0.15) is 19.4 Å². The van der Waals surface area contributed by atoms with E-state index in [0.29, 0.717) is 29.2 Å². The third-order valence-corrected chi connectivity index (χ3v) is 4.34. The van der Waals surface area contributed by atoms with E-state index in [4.69, 9.17) is 10.00 Å². The number of nitriles is 1. The van der Waals surface area contributed by atoms with Gasteiger partial charge in [-0.2, -0.15) is 5.26 Å². The van der Waals surface area contributed by atoms with Crippen molar-refractivity contribution in [2.45, 2.75) is 19.9 Å². The molecular weight excluding hydrogens is 356 g/mol. The zero-order chi connectivity index (χ0) is 20.5. The summed E-state index contributed by atoms with van der Waals surface area (Å²) in [4.78, 5) is 26.6. The number of likely N-dealkylation sites (N-methyl/N-ethyl adjacent to an activating group) is 1. The molecule has 0 aliphatic heterocycles. The molecule has 7 heteroatoms. The summed E-state index contributed by atoms with van der Waals surface area (Å²) in [6, 6.07) is 15.2. The number of nitrogens with zero attached hydrogens (tertiary/aromatic N) is 2. The van der Waals surface area contributed by atoms with E-state index in [9.17, 15) is 9.59 Å². The zero-order valence-electron chi connectivity index (χ0n) is 16.2. The molecule has 0 bridgehead atoms. The number of carbonyl (C=O) groups is 2. The minimum absolute atomic E-state index is 0.0878. The van der Waals surface area contributed by atoms with Gasteiger partial charge in [0, 0.05) is 11.4 Å². The van der Waals surface area contributed by atoms with Crippen molar-refractivity contribution in [1.82, 2.24) is 4.90 Å². The molecule has 2 amide bonds. The quantitative estimate of drug-likeness (QED) is 0.734. The maximum atomic E-state index is 12.5. The normalized spacial score (nSPS) is 11.4. The zero-order valence-corrected chi connectivity index (χ0v) is 16.2. The first-order valence-electron chi connectivity index (χ1n) is 8.95. The van der Waals surface area contributed by atoms with Crippen molar-refractivity contribution in [2.24, 2.45) is 0 Å². The fraction of sp³-hybridized carbons (Fsp3) is 0.286. The number of hydrogen-bond acceptors (Lipinski definition) is 5. The lowest BCUT2D eigenvalue weighted by molar-refractivity contribution is -0.123. The van der Waals surface area contributed by atoms with Crippen LogP contribution >= 0.6 is 0 Å². The lowest BCUT2D eigenvalue weighted by Crippen LogP contribution is -2.45. The predicted octanol–water partition coefficient (Wildman–Crippen LogP) is 2.85. The molecule has 28 heavy (non-hydrogen) atoms. The second-order valence-corrected chi connectivity index (χ2v) is 6.19. The fourth-order valence-corrected chi connectivity index (χ4v) is 2.62. The molecule has 0 fully saturated rings. The van der Waals surface area contributed by atoms with Gasteiger partial charge in [0.2, 0.25) is 11.8 Å². The van der Waals surface area contributed by atoms with Crippen LogP contribution in [0.15, 0.2) is 48.5 Å². The first-order chi connectivity index (χ1) is 13.5. The average Bonchev–Trinajstić information content (AvgIpc) is 2.72. The Bertz CT molecular complexity index is 841. The first-order valence-corrected chi connectivity index (χ1v) is 8.95. The van der Waals surface area contributed by atoms with E-state index < -0.39 is 6.04 Å². The summed E-state index contributed by atoms with van der Waals surface area (Å²) < 4.78 is 5.09. The number of hydrogen-bond donors (Lipinski definition) is 2. The summed E-state index contributed by atoms with van der Waals surface area (Å²) in [5.74, 6) is 0.287. The van der Waals surface area contributed by atoms with Crippen LogP contribution in [-0.4, -0.2) is 43.0 Å². The van der Waals surface area contributed by atoms with Gasteiger partial charge >= 0.3 is 0 Å². The molecule has 146 valence electrons. The molecule has 7 nitrogen and oxygen atoms in total. The third kappa shape index (κ3) is 5.83. The molecule has 2 aromatic rings. The minimum atomic E-state index is -0.498. The van der Waals surface area contributed by atoms with Crippen molar-refractivity contribution < 1.29 is 14.3 Å². The van der Waals surface area contributed by atoms with E-state index in [2.05, 4.69) is 10.6 Å². The minimum Gasteiger partial charge on any atom is -0.497 e. The predicted molar refractivity (Wildman–Crippen MR) is 108 cm³/mol. The van der Waals surface area contributed by atoms with Crippen LogP contribution in [0.5, 0.6) is 5.75 Å². The Balaban J connectivity index is 1.93. The molecule has 0 radical (unpaired) electrons. The lowest BCUT2D eigenvalue weighted by atomic mass is 10.2. The number of methoxy groups -OCH3 is 1. The van der Waals surface area contributed by atoms with Crippen LogP contribution in [0.25, 0.3) is 0 Å². The monoisotopic (exact) mass is 380 g/mol. The van der Waals surface area contributed by atoms with E-state index in [-0.39, 0.29) is 18.4 Å². The van der Waals surface area contributed by atoms with Gasteiger partial charge in [-0.15, -0.1) is 0 Å². The number of carbonyl (C=O) groups excluding carboxylic acids is 2. The van der Waals surface area contributed by atoms with Crippen molar-refractivity contribution in [3.8, 4) is 11.8 Å². The Morgan fingerprint density at radius 2 is 1.64 bits per heavy atom. The molecule has 0 aromatic heterocycles. The summed E-state index contributed by atoms with van der Waals surface area (Å²) in [6.07, 6.45) is 0. The standard InChI is InChI=1S/C21H24N4O3/c1-4-25(14-20(26)23-17-9-11-19(28-3)12-10-17)15(2)21(27)24-18-7-5-16(13-22)6-8-18/h5-12,15H,4,14H2,1-3H3,(H,23,26)(H,24,27)/t15-/m1/s1. The molecule has 0 saturated heterocycles. The maximum Gasteiger partial charge on any atom is 0.241 e. The molecule has 0 unspecified atom stereocenters. The lowest BCUT2D eigenvalue weighted by Gasteiger charge is -2.26. The Hall–Kier alpha value is -3.37. The maximum absolute atomic E-state index is 12.5. The Morgan fingerprint density at radius 3 is 2.18 bits per heavy atom. The van der Waals surface area contributed by atoms with Crippen LogP contribution in [-0.2, 0) is 9.59 Å². The number of rotatable bonds is 8. The van der Waals surface area contributed by atoms with Gasteiger partial charge in [-0.05, 0) is 62.0 Å². The van der Waals surface area contributed by atoms with Gasteiger partial charge in [0.1, 0.15) is 5.75 Å². The van der Waals surface area contributed by atoms with Crippen LogP contribution in [0.4, 0.5) is 11.4 Å². The molecule has 0 aliphatic carbocycles. The largest absolute Gasteiger partial charge is 0.497 e. The summed E-state index contributed by atoms with van der Waals surface area (Å²) in [7, 11) is 1.58. The highest BCUT2D eigenvalue weighted by molar-refractivity contribution is 5.96. The van der Waals surface area contributed by atoms with Gasteiger partial charge in [0.15, 0.2) is 0 Å². The fourth-order valence-electron chi connectivity index (χ4n) is 2.62. The van der Waals surface area contributed by atoms with Crippen molar-refractivity contribution in [1.29, 1.82) is 5.26 Å². The highest BCUT2D eigenvalue weighted by Crippen LogP contribution is 2.15. The van der Waals surface area contributed by atoms with Gasteiger partial charge in [0.05, 0.1) is 31.3 Å². The summed E-state index contributed by atoms with van der Waals surface area (Å²) in [6.45, 7) is 4.28. The van der Waals surface area contributed by atoms with Gasteiger partial charge in [-0.1, -0.05) is 6.92 Å². The Morgan fingerprint density at radius 1 is 1.07 bits per heavy atom. The van der Waals surface area contributed by atoms with E-state index in [1.807, 2.05) is 13.0 Å². The Labute approximate surface area is 164 Å². The number of nitrogens with one attached hydrogen (secondary N) is 2. The first kappa shape index (κ1) is 20.9. The SMILES string of the molecule is CCN(CC(=O)Nc1ccc(OC)cc1)[C@H](C)C(=O)Nc1ccc(C#N)cc1. The highest BCUT2D eigenvalue weighted by atomic mass is 16.5. The number of amides is 2. The Kier molecular flexibility index (Phi) is 7.55. The number of benzene rings is 2. The smallest absolute Gasteiger partial charge is 0.241 e. The summed E-state index contributed by atoms with van der Waals surface area (Å²) >= 11 is 0. The molecule has 2 aromatic carbocycles. The third-order valence-electron chi connectivity index (χ3n) is 4.34. The van der Waals surface area contributed by atoms with Crippen LogP contribution in [0, 0.1) is 11.3 Å². The van der Waals surface area contributed by atoms with E-state index >= 15 is 0 Å². The van der Waals surface area contributed by atoms with Crippen LogP contribution in [0.2, 0.25) is 0 Å². The molecule has 0 spiro atoms. The van der Waals surface area contributed by atoms with Crippen molar-refractivity contribution in [2.75, 3.05) is 30.8 Å². The molecule has 1 atom stereocenters. The highest BCUT2D eigenvalue weighted by Gasteiger charge is 2.22. The molecule has 2 rings (SSSR count). The van der Waals surface area contributed by atoms with Gasteiger partial charge in [-0.3, -0.25) is 14.5 Å². The topological polar surface area (TPSA) is 94.5 Å². The second kappa shape index (κ2) is 10.1. The van der Waals surface area contributed by atoms with Crippen LogP contribution in [0.3, 0.4) is 0 Å². The van der Waals surface area contributed by atoms with Crippen molar-refractivity contribution in [3.63, 3.8) is 0 Å². The number of anilines is 2. The van der Waals surface area contributed by atoms with Crippen molar-refractivity contribution in [3.05, 3.63) is 54.1 Å². The molecule has 2 N–H and O–H groups in total. The molecule has 0 heterocycles. The molecule has 0 saturated carbocycles. The van der Waals surface area contributed by atoms with E-state index in [1.54, 1.807) is 67.5 Å². The molecule has 0 aliphatic rings. The molecular formula is C21H24N4O3. The van der Waals surface area contributed by atoms with Gasteiger partial charge in [0.25, 0.3) is 0 Å². The summed E-state index contributed by atoms with van der Waals surface area (Å²) in [5, 5.41) is 14.5. The van der Waals surface area contributed by atoms with Crippen LogP contribution < -0.4 is 15.4 Å². The van der Waals surface area contributed by atoms with E-state index in [1.165, 1.54) is 0 Å². The average molecular weight is 380 g/mol. The number of ether oxygens (including phenoxy) is 1. The summed E-state index contributed by atoms with van der Waals surface area (Å²) in [5.41, 5.74) is 1.79. The van der Waals surface area contributed by atoms with Gasteiger partial charge in [-0.25, -0.2) is 0 Å². The second-order valence-electron chi connectivity index (χ2n) is 6.19. The van der Waals surface area contributed by atoms with Crippen molar-refractivity contribution >= 4 is 23.2 Å². The van der Waals surface area contributed by atoms with E-state index in [0.717, 1.165) is 0 Å². The van der Waals surface area contributed by atoms with Gasteiger partial charge < -0.3 is 15.4 Å².